The van der Waals surface area contributed by atoms with E-state index in [0.29, 0.717) is 5.70 Å². The van der Waals surface area contributed by atoms with Crippen molar-refractivity contribution in [2.75, 3.05) is 12.3 Å². The number of carbonyl (C=O) groups excluding carboxylic acids is 1. The molecule has 12 heteroatoms. The average Bonchev–Trinajstić information content (AvgIpc) is 2.66. The number of nitrogens with one attached hydrogen (secondary N) is 1. The second-order valence-corrected chi connectivity index (χ2v) is 7.40. The molecule has 0 radical (unpaired) electrons. The SMILES string of the molecule is CC1=C(O)/C(=C\N=C(CC(=O)c2ccccc2N)C(=O)O)C(COP(=O)(O)O)=CN1. The number of nitrogen functional groups attached to an aromatic ring is 1. The van der Waals surface area contributed by atoms with Crippen molar-refractivity contribution >= 4 is 31.0 Å². The predicted octanol–water partition coefficient (Wildman–Crippen LogP) is 1.64. The Labute approximate surface area is 171 Å². The van der Waals surface area contributed by atoms with Crippen LogP contribution in [0.5, 0.6) is 0 Å². The number of dihydropyridines is 1. The van der Waals surface area contributed by atoms with Crippen LogP contribution >= 0.6 is 7.82 Å². The van der Waals surface area contributed by atoms with E-state index in [4.69, 9.17) is 15.5 Å². The van der Waals surface area contributed by atoms with Crippen LogP contribution in [0, 0.1) is 0 Å². The Morgan fingerprint density at radius 1 is 1.30 bits per heavy atom. The van der Waals surface area contributed by atoms with Gasteiger partial charge < -0.3 is 31.1 Å². The summed E-state index contributed by atoms with van der Waals surface area (Å²) < 4.78 is 15.4. The highest BCUT2D eigenvalue weighted by Crippen LogP contribution is 2.37. The number of phosphoric ester groups is 1. The third-order valence-electron chi connectivity index (χ3n) is 3.99. The smallest absolute Gasteiger partial charge is 0.469 e. The Morgan fingerprint density at radius 2 is 1.97 bits per heavy atom. The Morgan fingerprint density at radius 3 is 2.57 bits per heavy atom. The number of aliphatic hydroxyl groups is 1. The number of para-hydroxylation sites is 1. The molecule has 11 nitrogen and oxygen atoms in total. The zero-order valence-corrected chi connectivity index (χ0v) is 16.7. The van der Waals surface area contributed by atoms with E-state index in [-0.39, 0.29) is 28.2 Å². The number of aliphatic imine (C=N–C) groups is 1. The van der Waals surface area contributed by atoms with E-state index in [1.54, 1.807) is 12.1 Å². The predicted molar refractivity (Wildman–Crippen MR) is 107 cm³/mol. The molecule has 0 amide bonds. The highest BCUT2D eigenvalue weighted by Gasteiger charge is 2.23. The Bertz CT molecular complexity index is 1040. The molecule has 2 rings (SSSR count). The first-order chi connectivity index (χ1) is 14.0. The van der Waals surface area contributed by atoms with E-state index in [1.165, 1.54) is 25.3 Å². The van der Waals surface area contributed by atoms with Crippen LogP contribution in [0.3, 0.4) is 0 Å². The third-order valence-corrected chi connectivity index (χ3v) is 4.46. The maximum absolute atomic E-state index is 12.4. The van der Waals surface area contributed by atoms with Gasteiger partial charge in [-0.3, -0.25) is 14.3 Å². The van der Waals surface area contributed by atoms with Crippen LogP contribution in [-0.2, 0) is 13.9 Å². The van der Waals surface area contributed by atoms with Gasteiger partial charge in [0.25, 0.3) is 0 Å². The molecule has 0 bridgehead atoms. The van der Waals surface area contributed by atoms with E-state index in [9.17, 15) is 24.4 Å². The van der Waals surface area contributed by atoms with Crippen molar-refractivity contribution in [3.63, 3.8) is 0 Å². The van der Waals surface area contributed by atoms with Crippen molar-refractivity contribution in [3.8, 4) is 0 Å². The van der Waals surface area contributed by atoms with Gasteiger partial charge in [0.2, 0.25) is 0 Å². The van der Waals surface area contributed by atoms with Crippen molar-refractivity contribution in [1.82, 2.24) is 5.32 Å². The molecule has 0 aliphatic carbocycles. The number of benzene rings is 1. The Balaban J connectivity index is 2.34. The first-order valence-electron chi connectivity index (χ1n) is 8.43. The Kier molecular flexibility index (Phi) is 7.30. The zero-order valence-electron chi connectivity index (χ0n) is 15.8. The summed E-state index contributed by atoms with van der Waals surface area (Å²) in [7, 11) is -4.79. The molecule has 30 heavy (non-hydrogen) atoms. The summed E-state index contributed by atoms with van der Waals surface area (Å²) in [5.74, 6) is -2.34. The largest absolute Gasteiger partial charge is 0.505 e. The molecule has 0 unspecified atom stereocenters. The first kappa shape index (κ1) is 23.0. The monoisotopic (exact) mass is 437 g/mol. The number of hydrogen-bond acceptors (Lipinski definition) is 8. The molecule has 0 fully saturated rings. The number of rotatable bonds is 8. The molecule has 160 valence electrons. The summed E-state index contributed by atoms with van der Waals surface area (Å²) in [6.07, 6.45) is 1.75. The summed E-state index contributed by atoms with van der Waals surface area (Å²) in [6, 6.07) is 6.18. The van der Waals surface area contributed by atoms with Gasteiger partial charge in [-0.1, -0.05) is 12.1 Å². The molecule has 0 atom stereocenters. The normalized spacial score (nSPS) is 16.3. The first-order valence-corrected chi connectivity index (χ1v) is 9.96. The fourth-order valence-electron chi connectivity index (χ4n) is 2.43. The molecule has 1 aliphatic rings. The number of nitrogens with two attached hydrogens (primary N) is 1. The van der Waals surface area contributed by atoms with Gasteiger partial charge in [-0.2, -0.15) is 0 Å². The molecule has 1 aliphatic heterocycles. The lowest BCUT2D eigenvalue weighted by Gasteiger charge is -2.19. The fraction of sp³-hybridized carbons (Fsp3) is 0.167. The van der Waals surface area contributed by atoms with Crippen LogP contribution < -0.4 is 11.1 Å². The van der Waals surface area contributed by atoms with Crippen LogP contribution in [0.1, 0.15) is 23.7 Å². The lowest BCUT2D eigenvalue weighted by atomic mass is 10.0. The number of carboxylic acids is 1. The number of allylic oxidation sites excluding steroid dienone is 2. The summed E-state index contributed by atoms with van der Waals surface area (Å²) in [5, 5.41) is 22.3. The van der Waals surface area contributed by atoms with Crippen LogP contribution in [0.15, 0.2) is 64.3 Å². The van der Waals surface area contributed by atoms with Gasteiger partial charge in [0.15, 0.2) is 5.78 Å². The minimum absolute atomic E-state index is 0.0230. The number of ketones is 1. The highest BCUT2D eigenvalue weighted by molar-refractivity contribution is 7.46. The summed E-state index contributed by atoms with van der Waals surface area (Å²) in [4.78, 5) is 45.5. The molecule has 0 aromatic heterocycles. The van der Waals surface area contributed by atoms with Gasteiger partial charge in [-0.25, -0.2) is 9.36 Å². The van der Waals surface area contributed by atoms with Crippen molar-refractivity contribution < 1.29 is 38.7 Å². The second kappa shape index (κ2) is 9.51. The number of aliphatic carboxylic acids is 1. The highest BCUT2D eigenvalue weighted by atomic mass is 31.2. The van der Waals surface area contributed by atoms with E-state index >= 15 is 0 Å². The quantitative estimate of drug-likeness (QED) is 0.151. The minimum Gasteiger partial charge on any atom is -0.505 e. The number of aliphatic hydroxyl groups excluding tert-OH is 1. The standard InChI is InChI=1S/C18H20N3O8P/c1-10-17(23)13(11(7-20-10)9-29-30(26,27)28)8-21-15(18(24)25)6-16(22)12-4-2-3-5-14(12)19/h2-5,7-8,20,23H,6,9,19H2,1H3,(H,24,25)(H2,26,27,28)/b13-8-,21-15?. The lowest BCUT2D eigenvalue weighted by molar-refractivity contribution is -0.129. The second-order valence-electron chi connectivity index (χ2n) is 6.16. The van der Waals surface area contributed by atoms with Gasteiger partial charge in [0, 0.05) is 34.8 Å². The van der Waals surface area contributed by atoms with Crippen LogP contribution in [0.2, 0.25) is 0 Å². The van der Waals surface area contributed by atoms with Gasteiger partial charge in [0.1, 0.15) is 11.5 Å². The lowest BCUT2D eigenvalue weighted by Crippen LogP contribution is -2.19. The average molecular weight is 437 g/mol. The minimum atomic E-state index is -4.79. The molecule has 1 heterocycles. The molecule has 1 aromatic rings. The van der Waals surface area contributed by atoms with Crippen molar-refractivity contribution in [2.45, 2.75) is 13.3 Å². The van der Waals surface area contributed by atoms with E-state index in [2.05, 4.69) is 14.8 Å². The van der Waals surface area contributed by atoms with Gasteiger partial charge in [0.05, 0.1) is 18.7 Å². The number of carbonyl (C=O) groups is 2. The fourth-order valence-corrected chi connectivity index (χ4v) is 2.74. The molecule has 0 saturated heterocycles. The summed E-state index contributed by atoms with van der Waals surface area (Å²) in [6.45, 7) is 0.932. The van der Waals surface area contributed by atoms with Gasteiger partial charge in [-0.05, 0) is 19.1 Å². The summed E-state index contributed by atoms with van der Waals surface area (Å²) in [5.41, 5.74) is 5.93. The van der Waals surface area contributed by atoms with Crippen LogP contribution in [0.25, 0.3) is 0 Å². The van der Waals surface area contributed by atoms with E-state index < -0.39 is 38.3 Å². The molecular formula is C18H20N3O8P. The van der Waals surface area contributed by atoms with Crippen molar-refractivity contribution in [2.24, 2.45) is 4.99 Å². The molecule has 0 saturated carbocycles. The molecule has 0 spiro atoms. The number of Topliss-reactive ketones (excluding diaryl/α,β-unsaturated/α-hetero) is 1. The Hall–Kier alpha value is -3.24. The third kappa shape index (κ3) is 6.13. The molecular weight excluding hydrogens is 417 g/mol. The number of hydrogen-bond donors (Lipinski definition) is 6. The van der Waals surface area contributed by atoms with Gasteiger partial charge in [-0.15, -0.1) is 0 Å². The van der Waals surface area contributed by atoms with Gasteiger partial charge >= 0.3 is 13.8 Å². The van der Waals surface area contributed by atoms with Crippen molar-refractivity contribution in [3.05, 3.63) is 64.8 Å². The number of nitrogens with zero attached hydrogens (tertiary/aromatic N) is 1. The summed E-state index contributed by atoms with van der Waals surface area (Å²) >= 11 is 0. The number of anilines is 1. The number of carboxylic acid groups (broad SMARTS) is 1. The number of phosphoric acid groups is 1. The zero-order chi connectivity index (χ0) is 22.5. The molecule has 7 N–H and O–H groups in total. The maximum atomic E-state index is 12.4. The van der Waals surface area contributed by atoms with Crippen LogP contribution in [-0.4, -0.2) is 44.1 Å². The van der Waals surface area contributed by atoms with Crippen molar-refractivity contribution in [1.29, 1.82) is 0 Å². The van der Waals surface area contributed by atoms with E-state index in [0.717, 1.165) is 6.20 Å². The van der Waals surface area contributed by atoms with Crippen LogP contribution in [0.4, 0.5) is 5.69 Å². The topological polar surface area (TPSA) is 192 Å². The molecule has 1 aromatic carbocycles. The van der Waals surface area contributed by atoms with E-state index in [1.807, 2.05) is 0 Å². The maximum Gasteiger partial charge on any atom is 0.469 e.